The molecule has 1 N–H and O–H groups in total. The number of fused-ring (bicyclic) bond motifs is 2. The molecule has 0 amide bonds. The molecule has 2 aromatic rings. The lowest BCUT2D eigenvalue weighted by molar-refractivity contribution is 0.306. The molecule has 98 valence electrons. The highest BCUT2D eigenvalue weighted by atomic mass is 16.5. The fourth-order valence-electron chi connectivity index (χ4n) is 2.91. The third-order valence-corrected chi connectivity index (χ3v) is 3.86. The molecule has 0 aliphatic carbocycles. The molecule has 1 aliphatic heterocycles. The maximum absolute atomic E-state index is 6.01. The van der Waals surface area contributed by atoms with E-state index >= 15 is 0 Å². The standard InChI is InChI=1S/C17H19NO/c1-3-12-8-6-10-15-16(12)17(18-2)14-9-5-4-7-13(14)11-19-15/h4-10,17-18H,3,11H2,1-2H3. The van der Waals surface area contributed by atoms with Gasteiger partial charge in [-0.15, -0.1) is 0 Å². The highest BCUT2D eigenvalue weighted by molar-refractivity contribution is 5.50. The third-order valence-electron chi connectivity index (χ3n) is 3.86. The molecule has 0 spiro atoms. The summed E-state index contributed by atoms with van der Waals surface area (Å²) in [4.78, 5) is 0. The Labute approximate surface area is 114 Å². The maximum Gasteiger partial charge on any atom is 0.125 e. The molecule has 0 fully saturated rings. The molecule has 19 heavy (non-hydrogen) atoms. The van der Waals surface area contributed by atoms with Crippen LogP contribution in [0.5, 0.6) is 5.75 Å². The van der Waals surface area contributed by atoms with Crippen LogP contribution < -0.4 is 10.1 Å². The Kier molecular flexibility index (Phi) is 3.26. The zero-order chi connectivity index (χ0) is 13.2. The maximum atomic E-state index is 6.01. The Morgan fingerprint density at radius 1 is 1.16 bits per heavy atom. The molecule has 1 heterocycles. The summed E-state index contributed by atoms with van der Waals surface area (Å²) in [5.41, 5.74) is 5.23. The minimum Gasteiger partial charge on any atom is -0.489 e. The van der Waals surface area contributed by atoms with Crippen molar-refractivity contribution in [2.45, 2.75) is 26.0 Å². The van der Waals surface area contributed by atoms with Crippen molar-refractivity contribution >= 4 is 0 Å². The van der Waals surface area contributed by atoms with Crippen LogP contribution >= 0.6 is 0 Å². The SMILES string of the molecule is CCc1cccc2c1C(NC)c1ccccc1CO2. The molecule has 0 aromatic heterocycles. The number of rotatable bonds is 2. The number of hydrogen-bond donors (Lipinski definition) is 1. The first kappa shape index (κ1) is 12.2. The number of hydrogen-bond acceptors (Lipinski definition) is 2. The van der Waals surface area contributed by atoms with Crippen molar-refractivity contribution in [1.29, 1.82) is 0 Å². The Bertz CT molecular complexity index is 592. The predicted molar refractivity (Wildman–Crippen MR) is 77.5 cm³/mol. The molecule has 3 rings (SSSR count). The van der Waals surface area contributed by atoms with Gasteiger partial charge in [-0.2, -0.15) is 0 Å². The van der Waals surface area contributed by atoms with Crippen molar-refractivity contribution in [3.63, 3.8) is 0 Å². The molecular formula is C17H19NO. The van der Waals surface area contributed by atoms with Crippen LogP contribution in [0.3, 0.4) is 0 Å². The summed E-state index contributed by atoms with van der Waals surface area (Å²) in [5.74, 6) is 1.01. The highest BCUT2D eigenvalue weighted by Gasteiger charge is 2.24. The quantitative estimate of drug-likeness (QED) is 0.885. The van der Waals surface area contributed by atoms with E-state index in [0.29, 0.717) is 6.61 Å². The largest absolute Gasteiger partial charge is 0.489 e. The molecule has 0 radical (unpaired) electrons. The average Bonchev–Trinajstić information content (AvgIpc) is 2.63. The first-order chi connectivity index (χ1) is 9.35. The molecule has 1 atom stereocenters. The normalized spacial score (nSPS) is 17.1. The zero-order valence-electron chi connectivity index (χ0n) is 11.4. The first-order valence-electron chi connectivity index (χ1n) is 6.84. The van der Waals surface area contributed by atoms with Crippen molar-refractivity contribution < 1.29 is 4.74 Å². The number of ether oxygens (including phenoxy) is 1. The van der Waals surface area contributed by atoms with Gasteiger partial charge in [-0.1, -0.05) is 43.3 Å². The molecule has 2 nitrogen and oxygen atoms in total. The monoisotopic (exact) mass is 253 g/mol. The first-order valence-corrected chi connectivity index (χ1v) is 6.84. The molecule has 0 bridgehead atoms. The second-order valence-corrected chi connectivity index (χ2v) is 4.89. The predicted octanol–water partition coefficient (Wildman–Crippen LogP) is 3.45. The topological polar surface area (TPSA) is 21.3 Å². The van der Waals surface area contributed by atoms with Gasteiger partial charge in [-0.25, -0.2) is 0 Å². The van der Waals surface area contributed by atoms with Gasteiger partial charge >= 0.3 is 0 Å². The van der Waals surface area contributed by atoms with Gasteiger partial charge in [-0.05, 0) is 36.2 Å². The fourth-order valence-corrected chi connectivity index (χ4v) is 2.91. The Morgan fingerprint density at radius 2 is 2.00 bits per heavy atom. The summed E-state index contributed by atoms with van der Waals surface area (Å²) >= 11 is 0. The lowest BCUT2D eigenvalue weighted by atomic mass is 9.91. The Hall–Kier alpha value is -1.80. The lowest BCUT2D eigenvalue weighted by Gasteiger charge is -2.21. The van der Waals surface area contributed by atoms with E-state index in [9.17, 15) is 0 Å². The van der Waals surface area contributed by atoms with E-state index in [-0.39, 0.29) is 6.04 Å². The van der Waals surface area contributed by atoms with Crippen molar-refractivity contribution in [2.75, 3.05) is 7.05 Å². The average molecular weight is 253 g/mol. The van der Waals surface area contributed by atoms with E-state index in [2.05, 4.69) is 54.7 Å². The van der Waals surface area contributed by atoms with E-state index < -0.39 is 0 Å². The Balaban J connectivity index is 2.22. The van der Waals surface area contributed by atoms with Gasteiger partial charge in [0.1, 0.15) is 12.4 Å². The molecule has 2 aromatic carbocycles. The minimum absolute atomic E-state index is 0.213. The van der Waals surface area contributed by atoms with Gasteiger partial charge in [0.15, 0.2) is 0 Å². The second-order valence-electron chi connectivity index (χ2n) is 4.89. The number of benzene rings is 2. The summed E-state index contributed by atoms with van der Waals surface area (Å²) in [5, 5.41) is 3.45. The van der Waals surface area contributed by atoms with E-state index in [1.54, 1.807) is 0 Å². The second kappa shape index (κ2) is 5.06. The van der Waals surface area contributed by atoms with Gasteiger partial charge in [0.25, 0.3) is 0 Å². The summed E-state index contributed by atoms with van der Waals surface area (Å²) in [6.07, 6.45) is 1.02. The number of aryl methyl sites for hydroxylation is 1. The third kappa shape index (κ3) is 2.02. The molecule has 0 saturated heterocycles. The zero-order valence-corrected chi connectivity index (χ0v) is 11.4. The van der Waals surface area contributed by atoms with Gasteiger partial charge in [0, 0.05) is 5.56 Å². The summed E-state index contributed by atoms with van der Waals surface area (Å²) in [6.45, 7) is 2.84. The Morgan fingerprint density at radius 3 is 2.79 bits per heavy atom. The molecular weight excluding hydrogens is 234 g/mol. The summed E-state index contributed by atoms with van der Waals surface area (Å²) in [6, 6.07) is 15.1. The van der Waals surface area contributed by atoms with E-state index in [1.807, 2.05) is 7.05 Å². The smallest absolute Gasteiger partial charge is 0.125 e. The van der Waals surface area contributed by atoms with Gasteiger partial charge in [-0.3, -0.25) is 0 Å². The highest BCUT2D eigenvalue weighted by Crippen LogP contribution is 2.37. The van der Waals surface area contributed by atoms with Gasteiger partial charge < -0.3 is 10.1 Å². The van der Waals surface area contributed by atoms with Crippen LogP contribution in [0.2, 0.25) is 0 Å². The van der Waals surface area contributed by atoms with Crippen LogP contribution in [0.25, 0.3) is 0 Å². The van der Waals surface area contributed by atoms with E-state index in [0.717, 1.165) is 12.2 Å². The van der Waals surface area contributed by atoms with Crippen LogP contribution in [-0.4, -0.2) is 7.05 Å². The van der Waals surface area contributed by atoms with Crippen LogP contribution in [-0.2, 0) is 13.0 Å². The van der Waals surface area contributed by atoms with Crippen LogP contribution in [0.4, 0.5) is 0 Å². The van der Waals surface area contributed by atoms with Crippen molar-refractivity contribution in [3.05, 3.63) is 64.7 Å². The van der Waals surface area contributed by atoms with Crippen LogP contribution in [0, 0.1) is 0 Å². The number of nitrogens with one attached hydrogen (secondary N) is 1. The summed E-state index contributed by atoms with van der Waals surface area (Å²) < 4.78 is 6.01. The summed E-state index contributed by atoms with van der Waals surface area (Å²) in [7, 11) is 2.02. The molecule has 1 aliphatic rings. The molecule has 1 unspecified atom stereocenters. The molecule has 2 heteroatoms. The van der Waals surface area contributed by atoms with E-state index in [4.69, 9.17) is 4.74 Å². The minimum atomic E-state index is 0.213. The van der Waals surface area contributed by atoms with Crippen molar-refractivity contribution in [1.82, 2.24) is 5.32 Å². The van der Waals surface area contributed by atoms with Crippen LogP contribution in [0.15, 0.2) is 42.5 Å². The van der Waals surface area contributed by atoms with E-state index in [1.165, 1.54) is 22.3 Å². The fraction of sp³-hybridized carbons (Fsp3) is 0.294. The van der Waals surface area contributed by atoms with Crippen LogP contribution in [0.1, 0.15) is 35.2 Å². The van der Waals surface area contributed by atoms with Gasteiger partial charge in [0.05, 0.1) is 6.04 Å². The van der Waals surface area contributed by atoms with Crippen molar-refractivity contribution in [3.8, 4) is 5.75 Å². The van der Waals surface area contributed by atoms with Gasteiger partial charge in [0.2, 0.25) is 0 Å². The van der Waals surface area contributed by atoms with Crippen molar-refractivity contribution in [2.24, 2.45) is 0 Å². The lowest BCUT2D eigenvalue weighted by Crippen LogP contribution is -2.19. The molecule has 0 saturated carbocycles.